The Morgan fingerprint density at radius 1 is 0.276 bits per heavy atom. The van der Waals surface area contributed by atoms with Crippen molar-refractivity contribution in [3.8, 4) is 39.1 Å². The third-order valence-corrected chi connectivity index (χ3v) is 11.5. The van der Waals surface area contributed by atoms with Crippen LogP contribution in [0, 0.1) is 0 Å². The van der Waals surface area contributed by atoms with Crippen molar-refractivity contribution < 1.29 is 0 Å². The van der Waals surface area contributed by atoms with Crippen LogP contribution >= 0.6 is 0 Å². The van der Waals surface area contributed by atoms with Crippen LogP contribution in [-0.4, -0.2) is 4.57 Å². The summed E-state index contributed by atoms with van der Waals surface area (Å²) >= 11 is 0. The lowest BCUT2D eigenvalue weighted by molar-refractivity contribution is 1.18. The van der Waals surface area contributed by atoms with E-state index in [1.54, 1.807) is 0 Å². The van der Waals surface area contributed by atoms with Crippen molar-refractivity contribution in [3.05, 3.63) is 231 Å². The van der Waals surface area contributed by atoms with E-state index in [0.29, 0.717) is 0 Å². The second-order valence-corrected chi connectivity index (χ2v) is 15.0. The van der Waals surface area contributed by atoms with E-state index in [-0.39, 0.29) is 0 Å². The Kier molecular flexibility index (Phi) is 8.19. The van der Waals surface area contributed by atoms with Gasteiger partial charge < -0.3 is 9.47 Å². The maximum Gasteiger partial charge on any atom is 0.0547 e. The zero-order valence-electron chi connectivity index (χ0n) is 31.8. The van der Waals surface area contributed by atoms with Gasteiger partial charge in [-0.1, -0.05) is 164 Å². The molecule has 0 saturated carbocycles. The second kappa shape index (κ2) is 14.1. The number of para-hydroxylation sites is 1. The Hall–Kier alpha value is -7.68. The van der Waals surface area contributed by atoms with Gasteiger partial charge in [-0.05, 0) is 122 Å². The predicted octanol–water partition coefficient (Wildman–Crippen LogP) is 15.6. The summed E-state index contributed by atoms with van der Waals surface area (Å²) in [5, 5.41) is 7.52. The Balaban J connectivity index is 0.986. The van der Waals surface area contributed by atoms with Crippen molar-refractivity contribution in [1.82, 2.24) is 4.57 Å². The number of aromatic nitrogens is 1. The summed E-state index contributed by atoms with van der Waals surface area (Å²) in [5.41, 5.74) is 14.1. The van der Waals surface area contributed by atoms with Crippen molar-refractivity contribution in [3.63, 3.8) is 0 Å². The van der Waals surface area contributed by atoms with Gasteiger partial charge in [-0.3, -0.25) is 0 Å². The molecule has 0 N–H and O–H groups in total. The molecule has 11 aromatic rings. The Morgan fingerprint density at radius 3 is 1.60 bits per heavy atom. The molecule has 0 bridgehead atoms. The van der Waals surface area contributed by atoms with Crippen molar-refractivity contribution >= 4 is 60.4 Å². The average molecular weight is 739 g/mol. The molecule has 2 heteroatoms. The molecule has 0 aliphatic heterocycles. The van der Waals surface area contributed by atoms with Crippen LogP contribution in [0.4, 0.5) is 17.1 Å². The lowest BCUT2D eigenvalue weighted by Gasteiger charge is -2.26. The molecule has 272 valence electrons. The van der Waals surface area contributed by atoms with Crippen LogP contribution in [0.1, 0.15) is 0 Å². The lowest BCUT2D eigenvalue weighted by Crippen LogP contribution is -2.10. The van der Waals surface area contributed by atoms with Gasteiger partial charge in [0.2, 0.25) is 0 Å². The van der Waals surface area contributed by atoms with Crippen molar-refractivity contribution in [2.45, 2.75) is 0 Å². The zero-order valence-corrected chi connectivity index (χ0v) is 31.8. The molecule has 2 nitrogen and oxygen atoms in total. The Labute approximate surface area is 338 Å². The third kappa shape index (κ3) is 5.91. The molecule has 58 heavy (non-hydrogen) atoms. The average Bonchev–Trinajstić information content (AvgIpc) is 3.65. The number of hydrogen-bond donors (Lipinski definition) is 0. The highest BCUT2D eigenvalue weighted by Crippen LogP contribution is 2.40. The summed E-state index contributed by atoms with van der Waals surface area (Å²) in [6.45, 7) is 0. The number of benzene rings is 10. The zero-order chi connectivity index (χ0) is 38.4. The molecular weight excluding hydrogens is 701 g/mol. The molecule has 1 aromatic heterocycles. The molecule has 0 fully saturated rings. The van der Waals surface area contributed by atoms with E-state index in [4.69, 9.17) is 0 Å². The number of hydrogen-bond acceptors (Lipinski definition) is 1. The molecule has 0 amide bonds. The van der Waals surface area contributed by atoms with Crippen molar-refractivity contribution in [2.75, 3.05) is 4.90 Å². The van der Waals surface area contributed by atoms with Gasteiger partial charge in [0, 0.05) is 33.5 Å². The highest BCUT2D eigenvalue weighted by atomic mass is 15.1. The number of anilines is 3. The highest BCUT2D eigenvalue weighted by molar-refractivity contribution is 6.21. The lowest BCUT2D eigenvalue weighted by atomic mass is 9.99. The fourth-order valence-corrected chi connectivity index (χ4v) is 8.71. The summed E-state index contributed by atoms with van der Waals surface area (Å²) in [5.74, 6) is 0. The summed E-state index contributed by atoms with van der Waals surface area (Å²) in [6, 6.07) is 83.6. The number of fused-ring (bicyclic) bond motifs is 6. The number of nitrogens with zero attached hydrogens (tertiary/aromatic N) is 2. The van der Waals surface area contributed by atoms with Gasteiger partial charge in [-0.2, -0.15) is 0 Å². The van der Waals surface area contributed by atoms with E-state index in [1.807, 2.05) is 0 Å². The summed E-state index contributed by atoms with van der Waals surface area (Å²) in [4.78, 5) is 2.37. The maximum absolute atomic E-state index is 2.40. The molecule has 10 aromatic carbocycles. The fraction of sp³-hybridized carbons (Fsp3) is 0. The minimum atomic E-state index is 1.11. The van der Waals surface area contributed by atoms with Gasteiger partial charge in [0.25, 0.3) is 0 Å². The molecule has 0 spiro atoms. The second-order valence-electron chi connectivity index (χ2n) is 15.0. The predicted molar refractivity (Wildman–Crippen MR) is 247 cm³/mol. The van der Waals surface area contributed by atoms with Gasteiger partial charge in [0.15, 0.2) is 0 Å². The molecule has 0 aliphatic carbocycles. The molecule has 0 unspecified atom stereocenters. The minimum absolute atomic E-state index is 1.11. The summed E-state index contributed by atoms with van der Waals surface area (Å²) < 4.78 is 2.40. The first kappa shape index (κ1) is 33.6. The van der Waals surface area contributed by atoms with Gasteiger partial charge in [-0.15, -0.1) is 0 Å². The third-order valence-electron chi connectivity index (χ3n) is 11.5. The molecular formula is C56H38N2. The van der Waals surface area contributed by atoms with Gasteiger partial charge in [-0.25, -0.2) is 0 Å². The van der Waals surface area contributed by atoms with E-state index < -0.39 is 0 Å². The van der Waals surface area contributed by atoms with E-state index in [1.165, 1.54) is 76.7 Å². The molecule has 1 heterocycles. The van der Waals surface area contributed by atoms with Crippen LogP contribution in [0.15, 0.2) is 231 Å². The topological polar surface area (TPSA) is 8.17 Å². The quantitative estimate of drug-likeness (QED) is 0.158. The summed E-state index contributed by atoms with van der Waals surface area (Å²) in [7, 11) is 0. The first-order chi connectivity index (χ1) is 28.7. The van der Waals surface area contributed by atoms with Crippen LogP contribution < -0.4 is 4.90 Å². The highest BCUT2D eigenvalue weighted by Gasteiger charge is 2.17. The summed E-state index contributed by atoms with van der Waals surface area (Å²) in [6.07, 6.45) is 0. The molecule has 0 saturated heterocycles. The van der Waals surface area contributed by atoms with Crippen LogP contribution in [0.25, 0.3) is 82.4 Å². The van der Waals surface area contributed by atoms with Gasteiger partial charge >= 0.3 is 0 Å². The van der Waals surface area contributed by atoms with Crippen LogP contribution in [0.3, 0.4) is 0 Å². The SMILES string of the molecule is c1ccc(-c2ccc(N(c3cccc(-c4ccccc4)c3)c3ccc4ccc(-c5ccc(-n6c7ccccc7c7c8ccccc8ccc76)cc5)cc4c3)cc2)cc1. The first-order valence-electron chi connectivity index (χ1n) is 19.9. The number of rotatable bonds is 7. The monoisotopic (exact) mass is 738 g/mol. The smallest absolute Gasteiger partial charge is 0.0547 e. The van der Waals surface area contributed by atoms with E-state index >= 15 is 0 Å². The molecule has 11 rings (SSSR count). The first-order valence-corrected chi connectivity index (χ1v) is 19.9. The molecule has 0 radical (unpaired) electrons. The minimum Gasteiger partial charge on any atom is -0.310 e. The van der Waals surface area contributed by atoms with E-state index in [0.717, 1.165) is 22.7 Å². The molecule has 0 atom stereocenters. The Morgan fingerprint density at radius 2 is 0.810 bits per heavy atom. The molecule has 0 aliphatic rings. The van der Waals surface area contributed by atoms with E-state index in [9.17, 15) is 0 Å². The Bertz CT molecular complexity index is 3250. The van der Waals surface area contributed by atoms with Crippen LogP contribution in [0.5, 0.6) is 0 Å². The van der Waals surface area contributed by atoms with E-state index in [2.05, 4.69) is 240 Å². The van der Waals surface area contributed by atoms with Crippen LogP contribution in [-0.2, 0) is 0 Å². The maximum atomic E-state index is 2.40. The van der Waals surface area contributed by atoms with Gasteiger partial charge in [0.05, 0.1) is 11.0 Å². The largest absolute Gasteiger partial charge is 0.310 e. The standard InChI is InChI=1S/C56H38N2/c1-3-12-39(13-4-1)41-24-30-48(31-25-41)57(50-18-11-17-45(37-50)40-14-5-2-6-15-40)51-34-28-43-22-23-46(36-47(43)38-51)42-26-32-49(33-27-42)58-54-21-10-9-20-53(54)56-52-19-8-7-16-44(52)29-35-55(56)58/h1-38H. The normalized spacial score (nSPS) is 11.4. The van der Waals surface area contributed by atoms with Gasteiger partial charge in [0.1, 0.15) is 0 Å². The fourth-order valence-electron chi connectivity index (χ4n) is 8.71. The van der Waals surface area contributed by atoms with Crippen LogP contribution in [0.2, 0.25) is 0 Å². The van der Waals surface area contributed by atoms with Crippen molar-refractivity contribution in [1.29, 1.82) is 0 Å². The van der Waals surface area contributed by atoms with Crippen molar-refractivity contribution in [2.24, 2.45) is 0 Å².